The molecule has 1 spiro atoms. The van der Waals surface area contributed by atoms with Crippen LogP contribution in [0.5, 0.6) is 11.5 Å². The summed E-state index contributed by atoms with van der Waals surface area (Å²) < 4.78 is 7.42. The number of para-hydroxylation sites is 1. The molecule has 2 aliphatic rings. The number of benzene rings is 2. The van der Waals surface area contributed by atoms with Gasteiger partial charge in [0.25, 0.3) is 11.8 Å². The highest BCUT2D eigenvalue weighted by atomic mass is 16.5. The second kappa shape index (κ2) is 8.18. The number of nitrogens with zero attached hydrogens (tertiary/aromatic N) is 3. The van der Waals surface area contributed by atoms with E-state index in [1.165, 1.54) is 6.08 Å². The molecule has 9 nitrogen and oxygen atoms in total. The van der Waals surface area contributed by atoms with Crippen LogP contribution in [0.1, 0.15) is 23.2 Å². The van der Waals surface area contributed by atoms with Crippen LogP contribution < -0.4 is 15.8 Å². The first-order chi connectivity index (χ1) is 16.4. The molecule has 0 aliphatic carbocycles. The Morgan fingerprint density at radius 2 is 1.71 bits per heavy atom. The molecule has 3 N–H and O–H groups in total. The number of hydrogen-bond acceptors (Lipinski definition) is 5. The normalized spacial score (nSPS) is 16.1. The molecule has 3 aromatic rings. The van der Waals surface area contributed by atoms with E-state index >= 15 is 0 Å². The quantitative estimate of drug-likeness (QED) is 0.571. The van der Waals surface area contributed by atoms with E-state index in [0.29, 0.717) is 54.5 Å². The molecule has 5 rings (SSSR count). The highest BCUT2D eigenvalue weighted by Crippen LogP contribution is 2.43. The Hall–Kier alpha value is -4.40. The number of nitrogens with two attached hydrogens (primary N) is 1. The maximum atomic E-state index is 13.0. The second-order valence-electron chi connectivity index (χ2n) is 8.30. The van der Waals surface area contributed by atoms with Crippen molar-refractivity contribution in [1.29, 1.82) is 0 Å². The lowest BCUT2D eigenvalue weighted by molar-refractivity contribution is -0.133. The Labute approximate surface area is 195 Å². The first kappa shape index (κ1) is 21.4. The topological polar surface area (TPSA) is 120 Å². The van der Waals surface area contributed by atoms with Gasteiger partial charge in [0, 0.05) is 18.7 Å². The van der Waals surface area contributed by atoms with Gasteiger partial charge < -0.3 is 20.7 Å². The number of rotatable bonds is 5. The molecule has 0 radical (unpaired) electrons. The first-order valence-electron chi connectivity index (χ1n) is 10.9. The van der Waals surface area contributed by atoms with Gasteiger partial charge in [0.05, 0.1) is 0 Å². The fraction of sp³-hybridized carbons (Fsp3) is 0.200. The third kappa shape index (κ3) is 3.42. The van der Waals surface area contributed by atoms with Gasteiger partial charge in [-0.15, -0.1) is 0 Å². The van der Waals surface area contributed by atoms with E-state index in [1.807, 2.05) is 30.3 Å². The number of aromatic nitrogens is 2. The van der Waals surface area contributed by atoms with Gasteiger partial charge >= 0.3 is 0 Å². The minimum absolute atomic E-state index is 0.159. The van der Waals surface area contributed by atoms with Crippen molar-refractivity contribution in [2.75, 3.05) is 18.4 Å². The predicted molar refractivity (Wildman–Crippen MR) is 125 cm³/mol. The highest BCUT2D eigenvalue weighted by molar-refractivity contribution is 6.10. The third-order valence-corrected chi connectivity index (χ3v) is 6.38. The Morgan fingerprint density at radius 1 is 1.06 bits per heavy atom. The molecule has 0 bridgehead atoms. The molecule has 2 aliphatic heterocycles. The SMILES string of the molecule is C=CC(=O)N1CCC2(CC1)C(=O)Nc1c(C(N)=O)c(-c3ccc(Oc4ccccc4)cc3)nn12. The molecule has 1 saturated heterocycles. The van der Waals surface area contributed by atoms with E-state index in [1.54, 1.807) is 33.8 Å². The number of likely N-dealkylation sites (tertiary alicyclic amines) is 1. The summed E-state index contributed by atoms with van der Waals surface area (Å²) in [6.07, 6.45) is 2.00. The van der Waals surface area contributed by atoms with Crippen LogP contribution in [0.15, 0.2) is 67.3 Å². The molecule has 0 unspecified atom stereocenters. The van der Waals surface area contributed by atoms with Crippen molar-refractivity contribution in [2.24, 2.45) is 5.73 Å². The summed E-state index contributed by atoms with van der Waals surface area (Å²) in [6.45, 7) is 4.28. The molecule has 0 atom stereocenters. The van der Waals surface area contributed by atoms with Gasteiger partial charge in [-0.05, 0) is 55.3 Å². The van der Waals surface area contributed by atoms with Crippen molar-refractivity contribution in [3.8, 4) is 22.8 Å². The van der Waals surface area contributed by atoms with Gasteiger partial charge in [0.1, 0.15) is 34.1 Å². The first-order valence-corrected chi connectivity index (χ1v) is 10.9. The zero-order valence-electron chi connectivity index (χ0n) is 18.4. The lowest BCUT2D eigenvalue weighted by Gasteiger charge is -2.37. The van der Waals surface area contributed by atoms with E-state index in [0.717, 1.165) is 0 Å². The van der Waals surface area contributed by atoms with Gasteiger partial charge in [-0.2, -0.15) is 5.10 Å². The summed E-state index contributed by atoms with van der Waals surface area (Å²) in [5, 5.41) is 7.49. The molecule has 2 aromatic carbocycles. The average molecular weight is 457 g/mol. The van der Waals surface area contributed by atoms with Gasteiger partial charge in [-0.3, -0.25) is 14.4 Å². The number of piperidine rings is 1. The van der Waals surface area contributed by atoms with Crippen LogP contribution in [-0.2, 0) is 15.1 Å². The Bertz CT molecular complexity index is 1290. The van der Waals surface area contributed by atoms with Crippen molar-refractivity contribution < 1.29 is 19.1 Å². The van der Waals surface area contributed by atoms with Gasteiger partial charge in [-0.25, -0.2) is 4.68 Å². The largest absolute Gasteiger partial charge is 0.457 e. The van der Waals surface area contributed by atoms with Crippen molar-refractivity contribution >= 4 is 23.5 Å². The maximum absolute atomic E-state index is 13.0. The van der Waals surface area contributed by atoms with E-state index in [4.69, 9.17) is 10.5 Å². The van der Waals surface area contributed by atoms with E-state index < -0.39 is 11.4 Å². The minimum Gasteiger partial charge on any atom is -0.457 e. The number of carbonyl (C=O) groups excluding carboxylic acids is 3. The minimum atomic E-state index is -0.980. The van der Waals surface area contributed by atoms with Gasteiger partial charge in [-0.1, -0.05) is 24.8 Å². The molecule has 3 amide bonds. The number of fused-ring (bicyclic) bond motifs is 2. The summed E-state index contributed by atoms with van der Waals surface area (Å²) in [6, 6.07) is 16.5. The third-order valence-electron chi connectivity index (χ3n) is 6.38. The number of hydrogen-bond donors (Lipinski definition) is 2. The summed E-state index contributed by atoms with van der Waals surface area (Å²) in [7, 11) is 0. The lowest BCUT2D eigenvalue weighted by Crippen LogP contribution is -2.50. The molecule has 172 valence electrons. The number of carbonyl (C=O) groups is 3. The molecule has 1 aromatic heterocycles. The van der Waals surface area contributed by atoms with E-state index in [2.05, 4.69) is 17.0 Å². The number of ether oxygens (including phenoxy) is 1. The monoisotopic (exact) mass is 457 g/mol. The second-order valence-corrected chi connectivity index (χ2v) is 8.30. The van der Waals surface area contributed by atoms with Crippen LogP contribution in [0, 0.1) is 0 Å². The van der Waals surface area contributed by atoms with Crippen LogP contribution in [0.3, 0.4) is 0 Å². The van der Waals surface area contributed by atoms with Crippen molar-refractivity contribution in [1.82, 2.24) is 14.7 Å². The van der Waals surface area contributed by atoms with Crippen molar-refractivity contribution in [3.05, 3.63) is 72.8 Å². The summed E-state index contributed by atoms with van der Waals surface area (Å²) >= 11 is 0. The smallest absolute Gasteiger partial charge is 0.254 e. The van der Waals surface area contributed by atoms with Gasteiger partial charge in [0.2, 0.25) is 5.91 Å². The Kier molecular flexibility index (Phi) is 5.16. The van der Waals surface area contributed by atoms with Crippen molar-refractivity contribution in [3.63, 3.8) is 0 Å². The average Bonchev–Trinajstić information content (AvgIpc) is 3.35. The van der Waals surface area contributed by atoms with E-state index in [9.17, 15) is 14.4 Å². The van der Waals surface area contributed by atoms with Crippen LogP contribution in [0.25, 0.3) is 11.3 Å². The fourth-order valence-electron chi connectivity index (χ4n) is 4.57. The molecule has 0 saturated carbocycles. The van der Waals surface area contributed by atoms with Crippen LogP contribution >= 0.6 is 0 Å². The summed E-state index contributed by atoms with van der Waals surface area (Å²) in [5.41, 5.74) is 5.94. The number of primary amides is 1. The highest BCUT2D eigenvalue weighted by Gasteiger charge is 2.51. The van der Waals surface area contributed by atoms with Crippen LogP contribution in [0.4, 0.5) is 5.82 Å². The molecule has 3 heterocycles. The molecular formula is C25H23N5O4. The molecule has 1 fully saturated rings. The summed E-state index contributed by atoms with van der Waals surface area (Å²) in [4.78, 5) is 39.0. The molecule has 34 heavy (non-hydrogen) atoms. The molecule has 9 heteroatoms. The van der Waals surface area contributed by atoms with Crippen molar-refractivity contribution in [2.45, 2.75) is 18.4 Å². The zero-order valence-corrected chi connectivity index (χ0v) is 18.4. The lowest BCUT2D eigenvalue weighted by atomic mass is 9.87. The maximum Gasteiger partial charge on any atom is 0.254 e. The predicted octanol–water partition coefficient (Wildman–Crippen LogP) is 2.90. The van der Waals surface area contributed by atoms with E-state index in [-0.39, 0.29) is 17.4 Å². The standard InChI is InChI=1S/C25H23N5O4/c1-2-19(31)29-14-12-25(13-15-29)24(33)27-23-20(22(26)32)21(28-30(23)25)16-8-10-18(11-9-16)34-17-6-4-3-5-7-17/h2-11H,1,12-15H2,(H2,26,32)(H,27,33). The van der Waals surface area contributed by atoms with Crippen LogP contribution in [-0.4, -0.2) is 45.5 Å². The Morgan fingerprint density at radius 3 is 2.32 bits per heavy atom. The zero-order chi connectivity index (χ0) is 23.9. The van der Waals surface area contributed by atoms with Crippen LogP contribution in [0.2, 0.25) is 0 Å². The van der Waals surface area contributed by atoms with Gasteiger partial charge in [0.15, 0.2) is 0 Å². The Balaban J connectivity index is 1.48. The summed E-state index contributed by atoms with van der Waals surface area (Å²) in [5.74, 6) is 0.524. The fourth-order valence-corrected chi connectivity index (χ4v) is 4.57. The number of amides is 3. The number of nitrogens with one attached hydrogen (secondary N) is 1. The molecular weight excluding hydrogens is 434 g/mol. The number of anilines is 1.